The normalized spacial score (nSPS) is 11.1. The van der Waals surface area contributed by atoms with Crippen LogP contribution < -0.4 is 5.32 Å². The first-order valence-electron chi connectivity index (χ1n) is 7.11. The van der Waals surface area contributed by atoms with Crippen molar-refractivity contribution < 1.29 is 0 Å². The molecule has 0 unspecified atom stereocenters. The fourth-order valence-corrected chi connectivity index (χ4v) is 2.76. The maximum Gasteiger partial charge on any atom is 0.111 e. The van der Waals surface area contributed by atoms with Crippen LogP contribution in [-0.2, 0) is 13.0 Å². The highest BCUT2D eigenvalue weighted by atomic mass is 35.5. The molecule has 3 rings (SSSR count). The first kappa shape index (κ1) is 14.1. The Morgan fingerprint density at radius 3 is 2.81 bits per heavy atom. The summed E-state index contributed by atoms with van der Waals surface area (Å²) < 4.78 is 2.28. The number of para-hydroxylation sites is 2. The Morgan fingerprint density at radius 1 is 1.14 bits per heavy atom. The van der Waals surface area contributed by atoms with Crippen LogP contribution in [0.15, 0.2) is 48.5 Å². The van der Waals surface area contributed by atoms with E-state index in [1.54, 1.807) is 0 Å². The van der Waals surface area contributed by atoms with Gasteiger partial charge in [0.05, 0.1) is 11.0 Å². The summed E-state index contributed by atoms with van der Waals surface area (Å²) in [5.74, 6) is 1.10. The molecule has 0 saturated heterocycles. The third-order valence-electron chi connectivity index (χ3n) is 3.56. The molecule has 0 spiro atoms. The minimum atomic E-state index is 0.772. The van der Waals surface area contributed by atoms with Crippen molar-refractivity contribution >= 4 is 22.6 Å². The first-order chi connectivity index (χ1) is 10.3. The van der Waals surface area contributed by atoms with E-state index in [0.717, 1.165) is 35.9 Å². The van der Waals surface area contributed by atoms with E-state index in [1.807, 2.05) is 31.3 Å². The van der Waals surface area contributed by atoms with Gasteiger partial charge in [0.25, 0.3) is 0 Å². The van der Waals surface area contributed by atoms with Crippen molar-refractivity contribution in [2.24, 2.45) is 0 Å². The van der Waals surface area contributed by atoms with Crippen LogP contribution in [0.4, 0.5) is 0 Å². The Morgan fingerprint density at radius 2 is 2.00 bits per heavy atom. The molecule has 0 aliphatic carbocycles. The summed E-state index contributed by atoms with van der Waals surface area (Å²) in [6.07, 6.45) is 0.908. The molecular formula is C17H18ClN3. The van der Waals surface area contributed by atoms with Gasteiger partial charge in [-0.1, -0.05) is 35.9 Å². The number of hydrogen-bond donors (Lipinski definition) is 1. The largest absolute Gasteiger partial charge is 0.323 e. The maximum atomic E-state index is 6.09. The number of nitrogens with zero attached hydrogens (tertiary/aromatic N) is 2. The summed E-state index contributed by atoms with van der Waals surface area (Å²) in [4.78, 5) is 4.76. The average Bonchev–Trinajstić information content (AvgIpc) is 2.83. The predicted octanol–water partition coefficient (Wildman–Crippen LogP) is 3.50. The fourth-order valence-electron chi connectivity index (χ4n) is 2.55. The molecule has 3 nitrogen and oxygen atoms in total. The molecule has 2 aromatic carbocycles. The lowest BCUT2D eigenvalue weighted by atomic mass is 10.2. The van der Waals surface area contributed by atoms with E-state index in [1.165, 1.54) is 11.1 Å². The second-order valence-electron chi connectivity index (χ2n) is 5.09. The molecule has 21 heavy (non-hydrogen) atoms. The van der Waals surface area contributed by atoms with Crippen molar-refractivity contribution in [3.63, 3.8) is 0 Å². The number of aromatic nitrogens is 2. The van der Waals surface area contributed by atoms with Crippen molar-refractivity contribution in [1.82, 2.24) is 14.9 Å². The smallest absolute Gasteiger partial charge is 0.111 e. The summed E-state index contributed by atoms with van der Waals surface area (Å²) in [6, 6.07) is 16.3. The molecular weight excluding hydrogens is 282 g/mol. The highest BCUT2D eigenvalue weighted by Gasteiger charge is 2.10. The molecule has 1 N–H and O–H groups in total. The van der Waals surface area contributed by atoms with Crippen LogP contribution >= 0.6 is 11.6 Å². The van der Waals surface area contributed by atoms with E-state index in [2.05, 4.69) is 34.1 Å². The zero-order valence-corrected chi connectivity index (χ0v) is 12.8. The van der Waals surface area contributed by atoms with E-state index in [-0.39, 0.29) is 0 Å². The zero-order valence-electron chi connectivity index (χ0n) is 12.0. The molecule has 0 radical (unpaired) electrons. The van der Waals surface area contributed by atoms with Gasteiger partial charge in [0.15, 0.2) is 0 Å². The molecule has 0 saturated carbocycles. The molecule has 4 heteroatoms. The van der Waals surface area contributed by atoms with Gasteiger partial charge in [-0.05, 0) is 36.9 Å². The lowest BCUT2D eigenvalue weighted by molar-refractivity contribution is 0.696. The van der Waals surface area contributed by atoms with E-state index in [4.69, 9.17) is 16.6 Å². The van der Waals surface area contributed by atoms with Gasteiger partial charge >= 0.3 is 0 Å². The molecule has 3 aromatic rings. The Bertz CT molecular complexity index is 749. The van der Waals surface area contributed by atoms with Crippen molar-refractivity contribution in [3.8, 4) is 0 Å². The highest BCUT2D eigenvalue weighted by molar-refractivity contribution is 6.30. The van der Waals surface area contributed by atoms with E-state index in [0.29, 0.717) is 0 Å². The third-order valence-corrected chi connectivity index (χ3v) is 3.80. The Hall–Kier alpha value is -1.84. The number of likely N-dealkylation sites (N-methyl/N-ethyl adjacent to an activating group) is 1. The maximum absolute atomic E-state index is 6.09. The number of rotatable bonds is 5. The van der Waals surface area contributed by atoms with Crippen LogP contribution in [0.1, 0.15) is 11.4 Å². The SMILES string of the molecule is CNCCc1nc2ccccc2n1Cc1cccc(Cl)c1. The first-order valence-corrected chi connectivity index (χ1v) is 7.49. The molecule has 0 aliphatic rings. The second-order valence-corrected chi connectivity index (χ2v) is 5.52. The molecule has 0 bridgehead atoms. The Balaban J connectivity index is 2.02. The number of imidazole rings is 1. The predicted molar refractivity (Wildman–Crippen MR) is 87.9 cm³/mol. The molecule has 0 fully saturated rings. The topological polar surface area (TPSA) is 29.9 Å². The van der Waals surface area contributed by atoms with Crippen LogP contribution in [0.3, 0.4) is 0 Å². The van der Waals surface area contributed by atoms with E-state index < -0.39 is 0 Å². The van der Waals surface area contributed by atoms with Crippen LogP contribution in [-0.4, -0.2) is 23.1 Å². The molecule has 0 amide bonds. The van der Waals surface area contributed by atoms with Gasteiger partial charge in [0.2, 0.25) is 0 Å². The van der Waals surface area contributed by atoms with Gasteiger partial charge in [-0.25, -0.2) is 4.98 Å². The standard InChI is InChI=1S/C17H18ClN3/c1-19-10-9-17-20-15-7-2-3-8-16(15)21(17)12-13-5-4-6-14(18)11-13/h2-8,11,19H,9-10,12H2,1H3. The lowest BCUT2D eigenvalue weighted by Gasteiger charge is -2.10. The molecule has 0 aliphatic heterocycles. The van der Waals surface area contributed by atoms with Gasteiger partial charge in [-0.2, -0.15) is 0 Å². The van der Waals surface area contributed by atoms with Gasteiger partial charge in [-0.3, -0.25) is 0 Å². The molecule has 108 valence electrons. The van der Waals surface area contributed by atoms with E-state index >= 15 is 0 Å². The van der Waals surface area contributed by atoms with Gasteiger partial charge in [-0.15, -0.1) is 0 Å². The molecule has 0 atom stereocenters. The quantitative estimate of drug-likeness (QED) is 0.781. The van der Waals surface area contributed by atoms with Crippen molar-refractivity contribution in [1.29, 1.82) is 0 Å². The average molecular weight is 300 g/mol. The summed E-state index contributed by atoms with van der Waals surface area (Å²) in [7, 11) is 1.96. The second kappa shape index (κ2) is 6.29. The number of halogens is 1. The summed E-state index contributed by atoms with van der Waals surface area (Å²) in [6.45, 7) is 1.71. The zero-order chi connectivity index (χ0) is 14.7. The third kappa shape index (κ3) is 3.09. The highest BCUT2D eigenvalue weighted by Crippen LogP contribution is 2.19. The van der Waals surface area contributed by atoms with Gasteiger partial charge in [0.1, 0.15) is 5.82 Å². The minimum absolute atomic E-state index is 0.772. The lowest BCUT2D eigenvalue weighted by Crippen LogP contribution is -2.14. The van der Waals surface area contributed by atoms with Gasteiger partial charge in [0, 0.05) is 24.5 Å². The van der Waals surface area contributed by atoms with Crippen LogP contribution in [0, 0.1) is 0 Å². The summed E-state index contributed by atoms with van der Waals surface area (Å²) >= 11 is 6.09. The molecule has 1 heterocycles. The fraction of sp³-hybridized carbons (Fsp3) is 0.235. The van der Waals surface area contributed by atoms with E-state index in [9.17, 15) is 0 Å². The molecule has 1 aromatic heterocycles. The van der Waals surface area contributed by atoms with Crippen molar-refractivity contribution in [2.75, 3.05) is 13.6 Å². The number of hydrogen-bond acceptors (Lipinski definition) is 2. The number of nitrogens with one attached hydrogen (secondary N) is 1. The van der Waals surface area contributed by atoms with Crippen LogP contribution in [0.25, 0.3) is 11.0 Å². The van der Waals surface area contributed by atoms with Crippen LogP contribution in [0.5, 0.6) is 0 Å². The number of benzene rings is 2. The van der Waals surface area contributed by atoms with Gasteiger partial charge < -0.3 is 9.88 Å². The van der Waals surface area contributed by atoms with Crippen LogP contribution in [0.2, 0.25) is 5.02 Å². The van der Waals surface area contributed by atoms with Crippen molar-refractivity contribution in [3.05, 3.63) is 64.9 Å². The number of fused-ring (bicyclic) bond motifs is 1. The Labute approximate surface area is 129 Å². The summed E-state index contributed by atoms with van der Waals surface area (Å²) in [5.41, 5.74) is 3.41. The van der Waals surface area contributed by atoms with Crippen molar-refractivity contribution in [2.45, 2.75) is 13.0 Å². The summed E-state index contributed by atoms with van der Waals surface area (Å²) in [5, 5.41) is 3.96. The monoisotopic (exact) mass is 299 g/mol. The minimum Gasteiger partial charge on any atom is -0.323 e. The Kier molecular flexibility index (Phi) is 4.23.